The number of carbonyl (C=O) groups is 2. The lowest BCUT2D eigenvalue weighted by Gasteiger charge is -2.40. The van der Waals surface area contributed by atoms with Crippen LogP contribution in [-0.4, -0.2) is 56.7 Å². The van der Waals surface area contributed by atoms with E-state index < -0.39 is 26.4 Å². The van der Waals surface area contributed by atoms with E-state index in [0.29, 0.717) is 25.2 Å². The first kappa shape index (κ1) is 27.1. The molecule has 1 saturated heterocycles. The van der Waals surface area contributed by atoms with Gasteiger partial charge < -0.3 is 19.0 Å². The number of ketones is 1. The number of ether oxygens (including phenoxy) is 2. The molecule has 2 aliphatic carbocycles. The molecule has 3 fully saturated rings. The van der Waals surface area contributed by atoms with Crippen LogP contribution in [0.5, 0.6) is 0 Å². The minimum absolute atomic E-state index is 0.0264. The molecule has 3 rings (SSSR count). The van der Waals surface area contributed by atoms with Crippen LogP contribution in [0.3, 0.4) is 0 Å². The molecular formula is C27H42O6Si. The van der Waals surface area contributed by atoms with E-state index in [-0.39, 0.29) is 34.9 Å². The predicted molar refractivity (Wildman–Crippen MR) is 133 cm³/mol. The van der Waals surface area contributed by atoms with E-state index in [1.165, 1.54) is 32.8 Å². The number of methoxy groups -OCH3 is 1. The van der Waals surface area contributed by atoms with Crippen LogP contribution in [0.15, 0.2) is 12.2 Å². The van der Waals surface area contributed by atoms with Crippen molar-refractivity contribution in [2.75, 3.05) is 7.11 Å². The third kappa shape index (κ3) is 6.40. The summed E-state index contributed by atoms with van der Waals surface area (Å²) in [4.78, 5) is 24.0. The summed E-state index contributed by atoms with van der Waals surface area (Å²) in [6, 6.07) is 0. The number of carbonyl (C=O) groups excluding carboxylic acids is 2. The molecule has 34 heavy (non-hydrogen) atoms. The van der Waals surface area contributed by atoms with Crippen LogP contribution >= 0.6 is 0 Å². The number of Topliss-reactive ketones (excluding diaryl/α,β-unsaturated/α-hetero) is 1. The summed E-state index contributed by atoms with van der Waals surface area (Å²) < 4.78 is 17.1. The molecule has 6 atom stereocenters. The highest BCUT2D eigenvalue weighted by Gasteiger charge is 2.62. The van der Waals surface area contributed by atoms with E-state index in [4.69, 9.17) is 9.16 Å². The maximum atomic E-state index is 12.8. The van der Waals surface area contributed by atoms with E-state index in [1.54, 1.807) is 0 Å². The highest BCUT2D eigenvalue weighted by Crippen LogP contribution is 2.47. The summed E-state index contributed by atoms with van der Waals surface area (Å²) in [7, 11) is -0.602. The first-order chi connectivity index (χ1) is 16.0. The molecule has 3 aliphatic rings. The standard InChI is InChI=1S/C27H42O6Si/c1-27(2,3)34(5,6)33-21(18-12-10-11-13-18)17-16-19-23(24(30)26-25(19)32-26)20(28)14-8-7-9-15-22(29)31-4/h16-21,23,25-26,28H,7,9-13,15H2,1-6H3. The van der Waals surface area contributed by atoms with Crippen molar-refractivity contribution >= 4 is 20.1 Å². The van der Waals surface area contributed by atoms with E-state index in [1.807, 2.05) is 0 Å². The van der Waals surface area contributed by atoms with Crippen LogP contribution in [0.2, 0.25) is 18.1 Å². The molecule has 6 unspecified atom stereocenters. The lowest BCUT2D eigenvalue weighted by Crippen LogP contribution is -2.45. The first-order valence-corrected chi connectivity index (χ1v) is 15.7. The molecule has 7 heteroatoms. The van der Waals surface area contributed by atoms with Crippen LogP contribution in [0.4, 0.5) is 0 Å². The number of hydrogen-bond acceptors (Lipinski definition) is 6. The Hall–Kier alpha value is -1.46. The van der Waals surface area contributed by atoms with Crippen molar-refractivity contribution in [3.63, 3.8) is 0 Å². The molecule has 0 aromatic heterocycles. The molecule has 0 aromatic carbocycles. The second-order valence-electron chi connectivity index (χ2n) is 11.5. The third-order valence-corrected chi connectivity index (χ3v) is 12.5. The second-order valence-corrected chi connectivity index (χ2v) is 16.3. The number of unbranched alkanes of at least 4 members (excludes halogenated alkanes) is 1. The van der Waals surface area contributed by atoms with Crippen LogP contribution in [0, 0.1) is 29.6 Å². The number of aliphatic hydroxyl groups is 1. The Labute approximate surface area is 205 Å². The highest BCUT2D eigenvalue weighted by molar-refractivity contribution is 6.74. The number of esters is 1. The maximum Gasteiger partial charge on any atom is 0.305 e. The summed E-state index contributed by atoms with van der Waals surface area (Å²) >= 11 is 0. The Morgan fingerprint density at radius 1 is 1.29 bits per heavy atom. The van der Waals surface area contributed by atoms with Crippen molar-refractivity contribution < 1.29 is 28.6 Å². The van der Waals surface area contributed by atoms with Crippen LogP contribution in [0.1, 0.15) is 65.7 Å². The van der Waals surface area contributed by atoms with E-state index in [2.05, 4.69) is 62.6 Å². The third-order valence-electron chi connectivity index (χ3n) is 8.05. The van der Waals surface area contributed by atoms with Gasteiger partial charge in [-0.3, -0.25) is 9.59 Å². The van der Waals surface area contributed by atoms with Gasteiger partial charge in [0.25, 0.3) is 0 Å². The fraction of sp³-hybridized carbons (Fsp3) is 0.778. The molecule has 0 aromatic rings. The Bertz CT molecular complexity index is 826. The van der Waals surface area contributed by atoms with Gasteiger partial charge in [0.2, 0.25) is 0 Å². The fourth-order valence-electron chi connectivity index (χ4n) is 4.85. The van der Waals surface area contributed by atoms with Crippen LogP contribution in [-0.2, 0) is 23.5 Å². The van der Waals surface area contributed by atoms with Crippen molar-refractivity contribution in [1.82, 2.24) is 0 Å². The normalized spacial score (nSPS) is 29.0. The number of aliphatic hydroxyl groups excluding tert-OH is 1. The Balaban J connectivity index is 1.70. The topological polar surface area (TPSA) is 85.4 Å². The van der Waals surface area contributed by atoms with Gasteiger partial charge in [0.05, 0.1) is 25.2 Å². The maximum absolute atomic E-state index is 12.8. The van der Waals surface area contributed by atoms with Crippen molar-refractivity contribution in [3.8, 4) is 11.8 Å². The Morgan fingerprint density at radius 2 is 1.97 bits per heavy atom. The molecule has 0 bridgehead atoms. The first-order valence-electron chi connectivity index (χ1n) is 12.7. The van der Waals surface area contributed by atoms with Gasteiger partial charge in [-0.05, 0) is 43.3 Å². The smallest absolute Gasteiger partial charge is 0.305 e. The molecule has 0 radical (unpaired) electrons. The molecule has 1 heterocycles. The SMILES string of the molecule is COC(=O)CCCC#CC(O)C1C(=O)C2OC2C1C=CC(O[Si](C)(C)C(C)(C)C)C1CCCC1. The fourth-order valence-corrected chi connectivity index (χ4v) is 6.15. The minimum atomic E-state index is -1.96. The summed E-state index contributed by atoms with van der Waals surface area (Å²) in [6.07, 6.45) is 8.76. The van der Waals surface area contributed by atoms with Gasteiger partial charge in [-0.2, -0.15) is 0 Å². The van der Waals surface area contributed by atoms with Gasteiger partial charge in [-0.1, -0.05) is 51.7 Å². The largest absolute Gasteiger partial charge is 0.469 e. The van der Waals surface area contributed by atoms with Gasteiger partial charge in [-0.25, -0.2) is 0 Å². The van der Waals surface area contributed by atoms with E-state index in [0.717, 1.165) is 0 Å². The lowest BCUT2D eigenvalue weighted by molar-refractivity contribution is -0.140. The van der Waals surface area contributed by atoms with Crippen LogP contribution < -0.4 is 0 Å². The molecule has 6 nitrogen and oxygen atoms in total. The Kier molecular flexibility index (Phi) is 8.83. The van der Waals surface area contributed by atoms with Gasteiger partial charge in [0.15, 0.2) is 14.1 Å². The van der Waals surface area contributed by atoms with Crippen molar-refractivity contribution in [1.29, 1.82) is 0 Å². The zero-order valence-corrected chi connectivity index (χ0v) is 22.6. The van der Waals surface area contributed by atoms with E-state index >= 15 is 0 Å². The lowest BCUT2D eigenvalue weighted by atomic mass is 9.87. The number of fused-ring (bicyclic) bond motifs is 1. The van der Waals surface area contributed by atoms with Crippen molar-refractivity contribution in [3.05, 3.63) is 12.2 Å². The molecule has 1 N–H and O–H groups in total. The second kappa shape index (κ2) is 11.1. The van der Waals surface area contributed by atoms with Crippen LogP contribution in [0.25, 0.3) is 0 Å². The summed E-state index contributed by atoms with van der Waals surface area (Å²) in [5.74, 6) is 5.16. The molecule has 2 saturated carbocycles. The van der Waals surface area contributed by atoms with Gasteiger partial charge in [0, 0.05) is 18.8 Å². The van der Waals surface area contributed by atoms with E-state index in [9.17, 15) is 14.7 Å². The number of hydrogen-bond donors (Lipinski definition) is 1. The molecule has 1 aliphatic heterocycles. The molecule has 0 spiro atoms. The van der Waals surface area contributed by atoms with Gasteiger partial charge in [0.1, 0.15) is 12.2 Å². The zero-order chi connectivity index (χ0) is 25.1. The Morgan fingerprint density at radius 3 is 2.59 bits per heavy atom. The van der Waals surface area contributed by atoms with Crippen molar-refractivity contribution in [2.24, 2.45) is 17.8 Å². The average Bonchev–Trinajstić information content (AvgIpc) is 3.25. The average molecular weight is 491 g/mol. The molecule has 190 valence electrons. The quantitative estimate of drug-likeness (QED) is 0.129. The monoisotopic (exact) mass is 490 g/mol. The van der Waals surface area contributed by atoms with Crippen molar-refractivity contribution in [2.45, 2.75) is 108 Å². The molecule has 0 amide bonds. The highest BCUT2D eigenvalue weighted by atomic mass is 28.4. The van der Waals surface area contributed by atoms with Gasteiger partial charge in [-0.15, -0.1) is 5.92 Å². The number of rotatable bonds is 9. The minimum Gasteiger partial charge on any atom is -0.469 e. The van der Waals surface area contributed by atoms with Gasteiger partial charge >= 0.3 is 5.97 Å². The zero-order valence-electron chi connectivity index (χ0n) is 21.6. The summed E-state index contributed by atoms with van der Waals surface area (Å²) in [5, 5.41) is 10.9. The predicted octanol–water partition coefficient (Wildman–Crippen LogP) is 4.41. The summed E-state index contributed by atoms with van der Waals surface area (Å²) in [6.45, 7) is 11.3. The molecular weight excluding hydrogens is 448 g/mol. The summed E-state index contributed by atoms with van der Waals surface area (Å²) in [5.41, 5.74) is 0. The number of epoxide rings is 1.